The fourth-order valence-corrected chi connectivity index (χ4v) is 0.221. The van der Waals surface area contributed by atoms with E-state index in [2.05, 4.69) is 0 Å². The van der Waals surface area contributed by atoms with Crippen molar-refractivity contribution in [3.63, 3.8) is 0 Å². The molecule has 0 aliphatic carbocycles. The Labute approximate surface area is 57.5 Å². The molecule has 0 aliphatic rings. The fourth-order valence-electron chi connectivity index (χ4n) is 0.221. The molecule has 6 heteroatoms. The van der Waals surface area contributed by atoms with Crippen LogP contribution < -0.4 is 0 Å². The summed E-state index contributed by atoms with van der Waals surface area (Å²) in [4.78, 5) is 0. The summed E-state index contributed by atoms with van der Waals surface area (Å²) in [5, 5.41) is 0. The van der Waals surface area contributed by atoms with Crippen molar-refractivity contribution in [2.45, 2.75) is 6.18 Å². The maximum atomic E-state index is 11.7. The minimum atomic E-state index is -5.45. The third-order valence-corrected chi connectivity index (χ3v) is 0.599. The van der Waals surface area contributed by atoms with Crippen LogP contribution in [-0.4, -0.2) is 6.18 Å². The predicted octanol–water partition coefficient (Wildman–Crippen LogP) is 2.63. The van der Waals surface area contributed by atoms with Crippen LogP contribution in [0.1, 0.15) is 0 Å². The Hall–Kier alpha value is -1.12. The quantitative estimate of drug-likeness (QED) is 0.391. The minimum absolute atomic E-state index is 0.298. The highest BCUT2D eigenvalue weighted by Crippen LogP contribution is 2.29. The number of hydrogen-bond donors (Lipinski definition) is 0. The lowest BCUT2D eigenvalue weighted by Crippen LogP contribution is -2.08. The summed E-state index contributed by atoms with van der Waals surface area (Å²) >= 11 is 0. The van der Waals surface area contributed by atoms with E-state index >= 15 is 0 Å². The Kier molecular flexibility index (Phi) is 2.99. The molecule has 0 amide bonds. The van der Waals surface area contributed by atoms with E-state index in [9.17, 15) is 26.3 Å². The zero-order valence-electron chi connectivity index (χ0n) is 4.77. The summed E-state index contributed by atoms with van der Waals surface area (Å²) in [6.45, 7) is 0. The molecule has 0 aromatic heterocycles. The molecule has 0 unspecified atom stereocenters. The van der Waals surface area contributed by atoms with Gasteiger partial charge in [-0.15, -0.1) is 4.39 Å². The zero-order chi connectivity index (χ0) is 9.07. The van der Waals surface area contributed by atoms with Crippen LogP contribution in [0.2, 0.25) is 0 Å². The number of allylic oxidation sites excluding steroid dienone is 2. The van der Waals surface area contributed by atoms with E-state index in [1.807, 2.05) is 0 Å². The van der Waals surface area contributed by atoms with Crippen LogP contribution in [0.4, 0.5) is 26.3 Å². The van der Waals surface area contributed by atoms with E-state index in [0.29, 0.717) is 12.1 Å². The van der Waals surface area contributed by atoms with Gasteiger partial charge in [0, 0.05) is 5.92 Å². The molecule has 0 saturated heterocycles. The van der Waals surface area contributed by atoms with Crippen molar-refractivity contribution in [1.82, 2.24) is 0 Å². The van der Waals surface area contributed by atoms with Crippen molar-refractivity contribution >= 4 is 0 Å². The second kappa shape index (κ2) is 3.32. The number of alkyl halides is 3. The summed E-state index contributed by atoms with van der Waals surface area (Å²) in [6, 6.07) is 0. The van der Waals surface area contributed by atoms with Crippen molar-refractivity contribution < 1.29 is 26.3 Å². The molecule has 0 radical (unpaired) electrons. The molecule has 0 fully saturated rings. The molecule has 62 valence electrons. The van der Waals surface area contributed by atoms with Crippen LogP contribution in [0.15, 0.2) is 11.7 Å². The van der Waals surface area contributed by atoms with E-state index in [0.717, 1.165) is 0 Å². The highest BCUT2D eigenvalue weighted by Gasteiger charge is 2.37. The Balaban J connectivity index is 4.77. The van der Waals surface area contributed by atoms with Crippen molar-refractivity contribution in [1.29, 1.82) is 0 Å². The topological polar surface area (TPSA) is 0 Å². The number of halogens is 6. The van der Waals surface area contributed by atoms with Crippen LogP contribution in [0.3, 0.4) is 0 Å². The molecule has 0 spiro atoms. The van der Waals surface area contributed by atoms with Crippen LogP contribution >= 0.6 is 0 Å². The highest BCUT2D eigenvalue weighted by molar-refractivity contribution is 5.25. The van der Waals surface area contributed by atoms with Crippen molar-refractivity contribution in [2.24, 2.45) is 0 Å². The van der Waals surface area contributed by atoms with Crippen LogP contribution in [0.5, 0.6) is 0 Å². The fraction of sp³-hybridized carbons (Fsp3) is 0.200. The van der Waals surface area contributed by atoms with Gasteiger partial charge in [-0.2, -0.15) is 22.0 Å². The Morgan fingerprint density at radius 1 is 1.09 bits per heavy atom. The first kappa shape index (κ1) is 9.88. The molecule has 11 heavy (non-hydrogen) atoms. The lowest BCUT2D eigenvalue weighted by atomic mass is 10.4. The molecule has 0 aromatic rings. The third kappa shape index (κ3) is 2.98. The summed E-state index contributed by atoms with van der Waals surface area (Å²) < 4.78 is 67.6. The largest absolute Gasteiger partial charge is 0.446 e. The Morgan fingerprint density at radius 2 is 1.55 bits per heavy atom. The predicted molar refractivity (Wildman–Crippen MR) is 24.2 cm³/mol. The van der Waals surface area contributed by atoms with Gasteiger partial charge in [0.25, 0.3) is 0 Å². The second-order valence-electron chi connectivity index (χ2n) is 1.35. The molecule has 0 saturated carbocycles. The van der Waals surface area contributed by atoms with Gasteiger partial charge in [-0.3, -0.25) is 0 Å². The molecule has 0 atom stereocenters. The van der Waals surface area contributed by atoms with Gasteiger partial charge in [0.05, 0.1) is 0 Å². The molecular weight excluding hydrogens is 174 g/mol. The first-order valence-corrected chi connectivity index (χ1v) is 2.13. The second-order valence-corrected chi connectivity index (χ2v) is 1.35. The van der Waals surface area contributed by atoms with Crippen LogP contribution in [0, 0.1) is 12.1 Å². The molecule has 0 bridgehead atoms. The van der Waals surface area contributed by atoms with Crippen LogP contribution in [0.25, 0.3) is 0 Å². The lowest BCUT2D eigenvalue weighted by molar-refractivity contribution is -0.110. The average Bonchev–Trinajstić information content (AvgIpc) is 1.85. The summed E-state index contributed by atoms with van der Waals surface area (Å²) in [6.07, 6.45) is -5.15. The first-order valence-electron chi connectivity index (χ1n) is 2.13. The van der Waals surface area contributed by atoms with Gasteiger partial charge >= 0.3 is 6.18 Å². The van der Waals surface area contributed by atoms with Crippen molar-refractivity contribution in [2.75, 3.05) is 0 Å². The SMILES string of the molecule is FC#CC(F)=C(F)C(F)(F)F. The normalized spacial score (nSPS) is 13.3. The maximum Gasteiger partial charge on any atom is 0.446 e. The monoisotopic (exact) mass is 174 g/mol. The minimum Gasteiger partial charge on any atom is -0.198 e. The molecular formula is C5F6. The number of rotatable bonds is 0. The molecule has 0 nitrogen and oxygen atoms in total. The Morgan fingerprint density at radius 3 is 1.82 bits per heavy atom. The smallest absolute Gasteiger partial charge is 0.198 e. The molecule has 0 rings (SSSR count). The van der Waals surface area contributed by atoms with Gasteiger partial charge in [0.15, 0.2) is 0 Å². The number of hydrogen-bond acceptors (Lipinski definition) is 0. The standard InChI is InChI=1S/C5F6/c6-2-1-3(7)4(8)5(9,10)11. The Bertz CT molecular complexity index is 224. The average molecular weight is 174 g/mol. The van der Waals surface area contributed by atoms with Gasteiger partial charge in [0.2, 0.25) is 11.7 Å². The lowest BCUT2D eigenvalue weighted by Gasteiger charge is -2.00. The first-order chi connectivity index (χ1) is 4.89. The molecule has 0 heterocycles. The summed E-state index contributed by atoms with van der Waals surface area (Å²) in [5.41, 5.74) is 0. The highest BCUT2D eigenvalue weighted by atomic mass is 19.4. The molecule has 0 N–H and O–H groups in total. The summed E-state index contributed by atoms with van der Waals surface area (Å²) in [5.74, 6) is -4.83. The van der Waals surface area contributed by atoms with Gasteiger partial charge < -0.3 is 0 Å². The van der Waals surface area contributed by atoms with Gasteiger partial charge in [-0.05, 0) is 0 Å². The van der Waals surface area contributed by atoms with Crippen molar-refractivity contribution in [3.05, 3.63) is 11.7 Å². The van der Waals surface area contributed by atoms with Gasteiger partial charge in [-0.1, -0.05) is 0 Å². The van der Waals surface area contributed by atoms with Gasteiger partial charge in [0.1, 0.15) is 6.17 Å². The van der Waals surface area contributed by atoms with Gasteiger partial charge in [-0.25, -0.2) is 0 Å². The van der Waals surface area contributed by atoms with Crippen LogP contribution in [-0.2, 0) is 0 Å². The van der Waals surface area contributed by atoms with Crippen molar-refractivity contribution in [3.8, 4) is 12.1 Å². The van der Waals surface area contributed by atoms with E-state index < -0.39 is 17.8 Å². The molecule has 0 aromatic carbocycles. The maximum absolute atomic E-state index is 11.7. The van der Waals surface area contributed by atoms with E-state index in [4.69, 9.17) is 0 Å². The molecule has 0 aliphatic heterocycles. The van der Waals surface area contributed by atoms with E-state index in [1.54, 1.807) is 0 Å². The van der Waals surface area contributed by atoms with E-state index in [-0.39, 0.29) is 0 Å². The van der Waals surface area contributed by atoms with E-state index in [1.165, 1.54) is 0 Å². The third-order valence-electron chi connectivity index (χ3n) is 0.599. The zero-order valence-corrected chi connectivity index (χ0v) is 4.77. The summed E-state index contributed by atoms with van der Waals surface area (Å²) in [7, 11) is 0.